The van der Waals surface area contributed by atoms with Gasteiger partial charge in [0, 0.05) is 43.9 Å². The number of hydrogen-bond acceptors (Lipinski definition) is 4. The lowest BCUT2D eigenvalue weighted by atomic mass is 9.89. The van der Waals surface area contributed by atoms with Crippen molar-refractivity contribution < 1.29 is 4.92 Å². The monoisotopic (exact) mass is 303 g/mol. The second kappa shape index (κ2) is 6.75. The van der Waals surface area contributed by atoms with Crippen LogP contribution in [0.3, 0.4) is 0 Å². The number of nitro groups is 1. The first-order chi connectivity index (χ1) is 10.7. The molecule has 5 nitrogen and oxygen atoms in total. The minimum Gasteiger partial charge on any atom is -0.314 e. The molecular formula is C17H25N3O2. The summed E-state index contributed by atoms with van der Waals surface area (Å²) >= 11 is 0. The Hall–Kier alpha value is -1.46. The second-order valence-electron chi connectivity index (χ2n) is 6.58. The van der Waals surface area contributed by atoms with Gasteiger partial charge in [0.2, 0.25) is 0 Å². The summed E-state index contributed by atoms with van der Waals surface area (Å²) in [6.07, 6.45) is 5.08. The molecule has 1 heterocycles. The number of aryl methyl sites for hydroxylation is 1. The maximum atomic E-state index is 11.3. The molecule has 22 heavy (non-hydrogen) atoms. The summed E-state index contributed by atoms with van der Waals surface area (Å²) in [4.78, 5) is 13.6. The van der Waals surface area contributed by atoms with Crippen molar-refractivity contribution in [3.05, 3.63) is 39.4 Å². The third-order valence-electron chi connectivity index (χ3n) is 5.16. The summed E-state index contributed by atoms with van der Waals surface area (Å²) in [5.74, 6) is 0.639. The molecule has 1 aliphatic heterocycles. The molecule has 0 unspecified atom stereocenters. The van der Waals surface area contributed by atoms with Crippen LogP contribution in [0.15, 0.2) is 18.2 Å². The van der Waals surface area contributed by atoms with Gasteiger partial charge >= 0.3 is 0 Å². The van der Waals surface area contributed by atoms with E-state index in [-0.39, 0.29) is 10.6 Å². The van der Waals surface area contributed by atoms with Crippen molar-refractivity contribution in [3.63, 3.8) is 0 Å². The average molecular weight is 303 g/mol. The highest BCUT2D eigenvalue weighted by atomic mass is 16.6. The largest absolute Gasteiger partial charge is 0.314 e. The minimum atomic E-state index is -0.248. The zero-order valence-electron chi connectivity index (χ0n) is 13.3. The van der Waals surface area contributed by atoms with E-state index in [0.29, 0.717) is 12.0 Å². The third kappa shape index (κ3) is 3.15. The van der Waals surface area contributed by atoms with Crippen LogP contribution in [-0.2, 0) is 0 Å². The Morgan fingerprint density at radius 2 is 1.95 bits per heavy atom. The first kappa shape index (κ1) is 15.4. The van der Waals surface area contributed by atoms with Gasteiger partial charge in [-0.3, -0.25) is 15.0 Å². The molecule has 1 aromatic rings. The second-order valence-corrected chi connectivity index (χ2v) is 6.58. The van der Waals surface area contributed by atoms with E-state index in [1.165, 1.54) is 25.7 Å². The fraction of sp³-hybridized carbons (Fsp3) is 0.647. The van der Waals surface area contributed by atoms with E-state index in [1.807, 2.05) is 19.1 Å². The van der Waals surface area contributed by atoms with E-state index < -0.39 is 0 Å². The topological polar surface area (TPSA) is 58.4 Å². The molecule has 0 aromatic heterocycles. The highest BCUT2D eigenvalue weighted by molar-refractivity contribution is 5.43. The van der Waals surface area contributed by atoms with Crippen molar-refractivity contribution >= 4 is 5.69 Å². The fourth-order valence-corrected chi connectivity index (χ4v) is 4.02. The lowest BCUT2D eigenvalue weighted by molar-refractivity contribution is -0.385. The molecule has 0 amide bonds. The van der Waals surface area contributed by atoms with Crippen LogP contribution in [0.25, 0.3) is 0 Å². The molecule has 1 N–H and O–H groups in total. The molecule has 1 saturated heterocycles. The van der Waals surface area contributed by atoms with Crippen molar-refractivity contribution in [3.8, 4) is 0 Å². The number of nitro benzene ring substituents is 1. The Bertz CT molecular complexity index is 535. The van der Waals surface area contributed by atoms with Gasteiger partial charge in [-0.05, 0) is 31.2 Å². The smallest absolute Gasteiger partial charge is 0.272 e. The number of nitrogens with zero attached hydrogens (tertiary/aromatic N) is 2. The summed E-state index contributed by atoms with van der Waals surface area (Å²) in [6, 6.07) is 6.18. The van der Waals surface area contributed by atoms with Gasteiger partial charge in [-0.15, -0.1) is 0 Å². The lowest BCUT2D eigenvalue weighted by Crippen LogP contribution is -2.46. The van der Waals surface area contributed by atoms with Crippen molar-refractivity contribution in [2.45, 2.75) is 38.6 Å². The highest BCUT2D eigenvalue weighted by Crippen LogP contribution is 2.40. The van der Waals surface area contributed by atoms with Crippen LogP contribution in [0.2, 0.25) is 0 Å². The predicted octanol–water partition coefficient (Wildman–Crippen LogP) is 3.04. The third-order valence-corrected chi connectivity index (χ3v) is 5.16. The van der Waals surface area contributed by atoms with Gasteiger partial charge in [0.05, 0.1) is 4.92 Å². The van der Waals surface area contributed by atoms with Crippen molar-refractivity contribution in [1.29, 1.82) is 0 Å². The van der Waals surface area contributed by atoms with Crippen LogP contribution in [0.1, 0.15) is 42.9 Å². The quantitative estimate of drug-likeness (QED) is 0.686. The zero-order chi connectivity index (χ0) is 15.5. The first-order valence-electron chi connectivity index (χ1n) is 8.36. The van der Waals surface area contributed by atoms with Gasteiger partial charge in [-0.2, -0.15) is 0 Å². The van der Waals surface area contributed by atoms with Crippen LogP contribution >= 0.6 is 0 Å². The molecule has 1 aliphatic carbocycles. The fourth-order valence-electron chi connectivity index (χ4n) is 4.02. The molecule has 2 fully saturated rings. The summed E-state index contributed by atoms with van der Waals surface area (Å²) in [6.45, 7) is 5.90. The van der Waals surface area contributed by atoms with Crippen LogP contribution in [0.4, 0.5) is 5.69 Å². The molecule has 0 bridgehead atoms. The lowest BCUT2D eigenvalue weighted by Gasteiger charge is -2.38. The molecule has 5 heteroatoms. The number of rotatable bonds is 4. The van der Waals surface area contributed by atoms with Crippen LogP contribution < -0.4 is 5.32 Å². The molecule has 120 valence electrons. The Morgan fingerprint density at radius 3 is 2.59 bits per heavy atom. The van der Waals surface area contributed by atoms with E-state index in [1.54, 1.807) is 0 Å². The number of hydrogen-bond donors (Lipinski definition) is 1. The van der Waals surface area contributed by atoms with E-state index in [4.69, 9.17) is 0 Å². The number of piperazine rings is 1. The van der Waals surface area contributed by atoms with Gasteiger partial charge in [0.25, 0.3) is 5.69 Å². The van der Waals surface area contributed by atoms with E-state index in [9.17, 15) is 10.1 Å². The minimum absolute atomic E-state index is 0.248. The summed E-state index contributed by atoms with van der Waals surface area (Å²) < 4.78 is 0. The molecule has 1 aromatic carbocycles. The summed E-state index contributed by atoms with van der Waals surface area (Å²) in [7, 11) is 0. The maximum absolute atomic E-state index is 11.3. The van der Waals surface area contributed by atoms with Gasteiger partial charge in [0.15, 0.2) is 0 Å². The maximum Gasteiger partial charge on any atom is 0.272 e. The zero-order valence-corrected chi connectivity index (χ0v) is 13.3. The molecule has 3 rings (SSSR count). The number of benzene rings is 1. The molecule has 1 atom stereocenters. The predicted molar refractivity (Wildman–Crippen MR) is 87.0 cm³/mol. The van der Waals surface area contributed by atoms with E-state index in [0.717, 1.165) is 37.3 Å². The van der Waals surface area contributed by atoms with Gasteiger partial charge < -0.3 is 5.32 Å². The standard InChI is InChI=1S/C17H25N3O2/c1-13-6-7-15(12-16(13)20(21)22)17(14-4-2-3-5-14)19-10-8-18-9-11-19/h6-7,12,14,17-18H,2-5,8-11H2,1H3/t17-/m1/s1. The Balaban J connectivity index is 1.93. The van der Waals surface area contributed by atoms with E-state index >= 15 is 0 Å². The SMILES string of the molecule is Cc1ccc([C@@H](C2CCCC2)N2CCNCC2)cc1[N+](=O)[O-]. The van der Waals surface area contributed by atoms with Crippen LogP contribution in [0, 0.1) is 23.0 Å². The Morgan fingerprint density at radius 1 is 1.27 bits per heavy atom. The van der Waals surface area contributed by atoms with Gasteiger partial charge in [0.1, 0.15) is 0 Å². The average Bonchev–Trinajstić information content (AvgIpc) is 3.04. The highest BCUT2D eigenvalue weighted by Gasteiger charge is 2.32. The summed E-state index contributed by atoms with van der Waals surface area (Å²) in [5.41, 5.74) is 2.14. The summed E-state index contributed by atoms with van der Waals surface area (Å²) in [5, 5.41) is 14.7. The van der Waals surface area contributed by atoms with Crippen LogP contribution in [0.5, 0.6) is 0 Å². The van der Waals surface area contributed by atoms with Crippen molar-refractivity contribution in [2.75, 3.05) is 26.2 Å². The first-order valence-corrected chi connectivity index (χ1v) is 8.36. The molecule has 2 aliphatic rings. The molecule has 0 radical (unpaired) electrons. The molecule has 0 spiro atoms. The number of nitrogens with one attached hydrogen (secondary N) is 1. The van der Waals surface area contributed by atoms with Gasteiger partial charge in [-0.1, -0.05) is 25.0 Å². The molecule has 1 saturated carbocycles. The van der Waals surface area contributed by atoms with Crippen LogP contribution in [-0.4, -0.2) is 36.0 Å². The van der Waals surface area contributed by atoms with E-state index in [2.05, 4.69) is 16.3 Å². The normalized spacial score (nSPS) is 21.9. The van der Waals surface area contributed by atoms with Gasteiger partial charge in [-0.25, -0.2) is 0 Å². The van der Waals surface area contributed by atoms with Crippen molar-refractivity contribution in [1.82, 2.24) is 10.2 Å². The molecular weight excluding hydrogens is 278 g/mol. The Kier molecular flexibility index (Phi) is 4.74. The van der Waals surface area contributed by atoms with Crippen molar-refractivity contribution in [2.24, 2.45) is 5.92 Å². The Labute approximate surface area is 131 Å².